The Morgan fingerprint density at radius 1 is 1.32 bits per heavy atom. The number of fused-ring (bicyclic) bond motifs is 1. The maximum absolute atomic E-state index is 12.4. The lowest BCUT2D eigenvalue weighted by atomic mass is 10.1. The summed E-state index contributed by atoms with van der Waals surface area (Å²) in [4.78, 5) is 15.6. The average Bonchev–Trinajstić information content (AvgIpc) is 3.14. The van der Waals surface area contributed by atoms with Crippen molar-refractivity contribution in [3.8, 4) is 0 Å². The molecule has 0 saturated carbocycles. The van der Waals surface area contributed by atoms with Crippen LogP contribution in [0, 0.1) is 13.8 Å². The van der Waals surface area contributed by atoms with Crippen LogP contribution in [-0.4, -0.2) is 22.5 Å². The topological polar surface area (TPSA) is 78.3 Å². The van der Waals surface area contributed by atoms with E-state index in [1.807, 2.05) is 26.0 Å². The molecule has 0 unspecified atom stereocenters. The molecule has 0 fully saturated rings. The Kier molecular flexibility index (Phi) is 3.73. The molecule has 0 aliphatic carbocycles. The zero-order valence-corrected chi connectivity index (χ0v) is 12.5. The number of nitrogens with one attached hydrogen (secondary N) is 2. The third-order valence-corrected chi connectivity index (χ3v) is 3.92. The zero-order chi connectivity index (χ0) is 15.7. The summed E-state index contributed by atoms with van der Waals surface area (Å²) >= 11 is 0. The van der Waals surface area contributed by atoms with E-state index in [4.69, 9.17) is 4.42 Å². The Bertz CT molecular complexity index is 803. The molecule has 0 saturated heterocycles. The SMILES string of the molecule is Cc1[nH]c2c(C(=O)NC[C@H](O)c3ccco3)cccc2c1C. The van der Waals surface area contributed by atoms with Crippen LogP contribution in [0.1, 0.15) is 33.5 Å². The number of para-hydroxylation sites is 1. The molecule has 1 aromatic carbocycles. The van der Waals surface area contributed by atoms with Gasteiger partial charge < -0.3 is 19.8 Å². The van der Waals surface area contributed by atoms with Crippen molar-refractivity contribution in [2.75, 3.05) is 6.54 Å². The number of H-pyrrole nitrogens is 1. The molecule has 3 rings (SSSR count). The van der Waals surface area contributed by atoms with Gasteiger partial charge in [-0.1, -0.05) is 12.1 Å². The van der Waals surface area contributed by atoms with E-state index in [-0.39, 0.29) is 12.5 Å². The molecule has 3 aromatic rings. The van der Waals surface area contributed by atoms with Gasteiger partial charge in [-0.05, 0) is 37.6 Å². The van der Waals surface area contributed by atoms with Gasteiger partial charge in [-0.25, -0.2) is 0 Å². The molecular weight excluding hydrogens is 280 g/mol. The van der Waals surface area contributed by atoms with Gasteiger partial charge in [-0.15, -0.1) is 0 Å². The number of furan rings is 1. The molecule has 2 aromatic heterocycles. The fraction of sp³-hybridized carbons (Fsp3) is 0.235. The van der Waals surface area contributed by atoms with Crippen molar-refractivity contribution in [3.63, 3.8) is 0 Å². The van der Waals surface area contributed by atoms with Crippen molar-refractivity contribution >= 4 is 16.8 Å². The number of aliphatic hydroxyl groups is 1. The highest BCUT2D eigenvalue weighted by atomic mass is 16.4. The largest absolute Gasteiger partial charge is 0.467 e. The Hall–Kier alpha value is -2.53. The molecule has 5 heteroatoms. The average molecular weight is 298 g/mol. The second-order valence-electron chi connectivity index (χ2n) is 5.34. The van der Waals surface area contributed by atoms with Crippen LogP contribution in [0.15, 0.2) is 41.0 Å². The fourth-order valence-corrected chi connectivity index (χ4v) is 2.54. The number of aliphatic hydroxyl groups excluding tert-OH is 1. The summed E-state index contributed by atoms with van der Waals surface area (Å²) in [6.07, 6.45) is 0.635. The van der Waals surface area contributed by atoms with Gasteiger partial charge in [0.1, 0.15) is 11.9 Å². The van der Waals surface area contributed by atoms with Crippen molar-refractivity contribution in [2.24, 2.45) is 0 Å². The number of rotatable bonds is 4. The van der Waals surface area contributed by atoms with Crippen molar-refractivity contribution in [3.05, 3.63) is 59.2 Å². The summed E-state index contributed by atoms with van der Waals surface area (Å²) in [5, 5.41) is 13.7. The molecule has 0 radical (unpaired) electrons. The van der Waals surface area contributed by atoms with E-state index >= 15 is 0 Å². The first-order valence-corrected chi connectivity index (χ1v) is 7.15. The minimum Gasteiger partial charge on any atom is -0.467 e. The third kappa shape index (κ3) is 2.51. The van der Waals surface area contributed by atoms with Gasteiger partial charge in [0.2, 0.25) is 0 Å². The maximum atomic E-state index is 12.4. The standard InChI is InChI=1S/C17H18N2O3/c1-10-11(2)19-16-12(10)5-3-6-13(16)17(21)18-9-14(20)15-7-4-8-22-15/h3-8,14,19-20H,9H2,1-2H3,(H,18,21)/t14-/m0/s1. The van der Waals surface area contributed by atoms with E-state index in [2.05, 4.69) is 10.3 Å². The molecule has 1 atom stereocenters. The number of hydrogen-bond donors (Lipinski definition) is 3. The first-order valence-electron chi connectivity index (χ1n) is 7.15. The van der Waals surface area contributed by atoms with Crippen molar-refractivity contribution < 1.29 is 14.3 Å². The lowest BCUT2D eigenvalue weighted by Gasteiger charge is -2.10. The third-order valence-electron chi connectivity index (χ3n) is 3.92. The van der Waals surface area contributed by atoms with Crippen LogP contribution >= 0.6 is 0 Å². The number of carbonyl (C=O) groups is 1. The van der Waals surface area contributed by atoms with Crippen molar-refractivity contribution in [1.29, 1.82) is 0 Å². The molecular formula is C17H18N2O3. The van der Waals surface area contributed by atoms with Crippen molar-refractivity contribution in [2.45, 2.75) is 20.0 Å². The summed E-state index contributed by atoms with van der Waals surface area (Å²) < 4.78 is 5.12. The minimum atomic E-state index is -0.856. The number of aryl methyl sites for hydroxylation is 2. The predicted molar refractivity (Wildman–Crippen MR) is 83.8 cm³/mol. The molecule has 0 aliphatic heterocycles. The molecule has 0 spiro atoms. The van der Waals surface area contributed by atoms with Crippen molar-refractivity contribution in [1.82, 2.24) is 10.3 Å². The monoisotopic (exact) mass is 298 g/mol. The highest BCUT2D eigenvalue weighted by Gasteiger charge is 2.16. The summed E-state index contributed by atoms with van der Waals surface area (Å²) in [5.41, 5.74) is 3.58. The summed E-state index contributed by atoms with van der Waals surface area (Å²) in [7, 11) is 0. The second-order valence-corrected chi connectivity index (χ2v) is 5.34. The predicted octanol–water partition coefficient (Wildman–Crippen LogP) is 2.84. The summed E-state index contributed by atoms with van der Waals surface area (Å²) in [6, 6.07) is 9.00. The number of aromatic amines is 1. The lowest BCUT2D eigenvalue weighted by molar-refractivity contribution is 0.0902. The Labute approximate surface area is 128 Å². The van der Waals surface area contributed by atoms with Gasteiger partial charge in [0.15, 0.2) is 0 Å². The molecule has 2 heterocycles. The van der Waals surface area contributed by atoms with Gasteiger partial charge in [0.05, 0.1) is 23.9 Å². The van der Waals surface area contributed by atoms with E-state index in [0.717, 1.165) is 22.2 Å². The van der Waals surface area contributed by atoms with Gasteiger partial charge in [-0.3, -0.25) is 4.79 Å². The van der Waals surface area contributed by atoms with E-state index in [0.29, 0.717) is 11.3 Å². The van der Waals surface area contributed by atoms with Crippen LogP contribution in [0.4, 0.5) is 0 Å². The van der Waals surface area contributed by atoms with E-state index in [1.165, 1.54) is 6.26 Å². The molecule has 0 aliphatic rings. The normalized spacial score (nSPS) is 12.5. The highest BCUT2D eigenvalue weighted by molar-refractivity contribution is 6.06. The maximum Gasteiger partial charge on any atom is 0.253 e. The Balaban J connectivity index is 1.79. The van der Waals surface area contributed by atoms with Crippen LogP contribution < -0.4 is 5.32 Å². The van der Waals surface area contributed by atoms with Crippen LogP contribution in [0.5, 0.6) is 0 Å². The number of amides is 1. The molecule has 3 N–H and O–H groups in total. The van der Waals surface area contributed by atoms with Gasteiger partial charge in [0, 0.05) is 11.1 Å². The first kappa shape index (κ1) is 14.4. The smallest absolute Gasteiger partial charge is 0.253 e. The molecule has 22 heavy (non-hydrogen) atoms. The quantitative estimate of drug-likeness (QED) is 0.693. The first-order chi connectivity index (χ1) is 10.6. The summed E-state index contributed by atoms with van der Waals surface area (Å²) in [5.74, 6) is 0.211. The van der Waals surface area contributed by atoms with Gasteiger partial charge in [-0.2, -0.15) is 0 Å². The molecule has 1 amide bonds. The van der Waals surface area contributed by atoms with E-state index in [1.54, 1.807) is 18.2 Å². The van der Waals surface area contributed by atoms with Gasteiger partial charge >= 0.3 is 0 Å². The van der Waals surface area contributed by atoms with Crippen LogP contribution in [0.2, 0.25) is 0 Å². The van der Waals surface area contributed by atoms with E-state index < -0.39 is 6.10 Å². The fourth-order valence-electron chi connectivity index (χ4n) is 2.54. The zero-order valence-electron chi connectivity index (χ0n) is 12.5. The van der Waals surface area contributed by atoms with E-state index in [9.17, 15) is 9.90 Å². The second kappa shape index (κ2) is 5.69. The lowest BCUT2D eigenvalue weighted by Crippen LogP contribution is -2.28. The van der Waals surface area contributed by atoms with Crippen LogP contribution in [0.25, 0.3) is 10.9 Å². The number of carbonyl (C=O) groups excluding carboxylic acids is 1. The molecule has 5 nitrogen and oxygen atoms in total. The summed E-state index contributed by atoms with van der Waals surface area (Å²) in [6.45, 7) is 4.11. The number of benzene rings is 1. The molecule has 114 valence electrons. The minimum absolute atomic E-state index is 0.0986. The number of hydrogen-bond acceptors (Lipinski definition) is 3. The van der Waals surface area contributed by atoms with Gasteiger partial charge in [0.25, 0.3) is 5.91 Å². The Morgan fingerprint density at radius 2 is 2.14 bits per heavy atom. The molecule has 0 bridgehead atoms. The number of aromatic nitrogens is 1. The Morgan fingerprint density at radius 3 is 2.86 bits per heavy atom. The highest BCUT2D eigenvalue weighted by Crippen LogP contribution is 2.24. The van der Waals surface area contributed by atoms with Crippen LogP contribution in [0.3, 0.4) is 0 Å². The van der Waals surface area contributed by atoms with Crippen LogP contribution in [-0.2, 0) is 0 Å².